The van der Waals surface area contributed by atoms with Gasteiger partial charge in [-0.15, -0.1) is 10.2 Å². The topological polar surface area (TPSA) is 97.1 Å². The van der Waals surface area contributed by atoms with E-state index in [1.54, 1.807) is 23.9 Å². The maximum atomic E-state index is 12.6. The number of rotatable bonds is 8. The molecule has 3 rings (SSSR count). The molecule has 0 bridgehead atoms. The predicted octanol–water partition coefficient (Wildman–Crippen LogP) is 3.29. The minimum Gasteiger partial charge on any atom is -0.459 e. The first-order valence-electron chi connectivity index (χ1n) is 8.20. The van der Waals surface area contributed by atoms with Crippen LogP contribution in [0.25, 0.3) is 10.6 Å². The largest absolute Gasteiger partial charge is 0.459 e. The van der Waals surface area contributed by atoms with Gasteiger partial charge in [-0.25, -0.2) is 0 Å². The third-order valence-corrected chi connectivity index (χ3v) is 5.19. The highest BCUT2D eigenvalue weighted by molar-refractivity contribution is 7.98. The zero-order chi connectivity index (χ0) is 19.1. The van der Waals surface area contributed by atoms with Crippen LogP contribution in [0.5, 0.6) is 0 Å². The highest BCUT2D eigenvalue weighted by Crippen LogP contribution is 2.26. The first-order chi connectivity index (χ1) is 13.2. The van der Waals surface area contributed by atoms with Crippen LogP contribution in [0.1, 0.15) is 17.0 Å². The molecule has 7 nitrogen and oxygen atoms in total. The standard InChI is InChI=1S/C18H18N4O3S2/c1-26-11-9-13(19-16(24)14-8-5-10-25-14)15(23)20-18-22-21-17(27-18)12-6-3-2-4-7-12/h2-8,10,13H,9,11H2,1H3,(H,19,24)(H,20,22,23). The number of carbonyl (C=O) groups excluding carboxylic acids is 2. The number of amides is 2. The third kappa shape index (κ3) is 5.18. The highest BCUT2D eigenvalue weighted by atomic mass is 32.2. The van der Waals surface area contributed by atoms with Crippen molar-refractivity contribution in [1.82, 2.24) is 15.5 Å². The molecule has 1 aromatic carbocycles. The van der Waals surface area contributed by atoms with Crippen molar-refractivity contribution in [1.29, 1.82) is 0 Å². The van der Waals surface area contributed by atoms with Gasteiger partial charge in [0.25, 0.3) is 5.91 Å². The van der Waals surface area contributed by atoms with E-state index in [9.17, 15) is 9.59 Å². The Morgan fingerprint density at radius 3 is 2.70 bits per heavy atom. The smallest absolute Gasteiger partial charge is 0.287 e. The minimum absolute atomic E-state index is 0.166. The average Bonchev–Trinajstić information content (AvgIpc) is 3.37. The van der Waals surface area contributed by atoms with Crippen LogP contribution in [0.3, 0.4) is 0 Å². The summed E-state index contributed by atoms with van der Waals surface area (Å²) in [5.41, 5.74) is 0.931. The Kier molecular flexibility index (Phi) is 6.61. The minimum atomic E-state index is -0.695. The first-order valence-corrected chi connectivity index (χ1v) is 10.4. The van der Waals surface area contributed by atoms with Crippen molar-refractivity contribution in [2.75, 3.05) is 17.3 Å². The van der Waals surface area contributed by atoms with Gasteiger partial charge in [0.15, 0.2) is 5.76 Å². The van der Waals surface area contributed by atoms with Gasteiger partial charge in [-0.3, -0.25) is 14.9 Å². The molecular weight excluding hydrogens is 384 g/mol. The molecule has 0 radical (unpaired) electrons. The SMILES string of the molecule is CSCCC(NC(=O)c1ccco1)C(=O)Nc1nnc(-c2ccccc2)s1. The summed E-state index contributed by atoms with van der Waals surface area (Å²) in [5.74, 6) is 0.129. The number of benzene rings is 1. The number of anilines is 1. The summed E-state index contributed by atoms with van der Waals surface area (Å²) in [4.78, 5) is 24.9. The van der Waals surface area contributed by atoms with E-state index >= 15 is 0 Å². The lowest BCUT2D eigenvalue weighted by molar-refractivity contribution is -0.118. The van der Waals surface area contributed by atoms with Crippen molar-refractivity contribution in [3.05, 3.63) is 54.5 Å². The number of carbonyl (C=O) groups is 2. The zero-order valence-corrected chi connectivity index (χ0v) is 16.2. The van der Waals surface area contributed by atoms with E-state index in [1.807, 2.05) is 36.6 Å². The van der Waals surface area contributed by atoms with Gasteiger partial charge in [0.2, 0.25) is 11.0 Å². The van der Waals surface area contributed by atoms with Gasteiger partial charge in [0.1, 0.15) is 11.0 Å². The Bertz CT molecular complexity index is 881. The monoisotopic (exact) mass is 402 g/mol. The molecule has 2 amide bonds. The summed E-state index contributed by atoms with van der Waals surface area (Å²) in [6.07, 6.45) is 3.85. The van der Waals surface area contributed by atoms with E-state index in [0.717, 1.165) is 11.3 Å². The predicted molar refractivity (Wildman–Crippen MR) is 107 cm³/mol. The molecule has 0 aliphatic rings. The lowest BCUT2D eigenvalue weighted by atomic mass is 10.2. The van der Waals surface area contributed by atoms with E-state index in [1.165, 1.54) is 17.6 Å². The third-order valence-electron chi connectivity index (χ3n) is 3.65. The normalized spacial score (nSPS) is 11.7. The molecular formula is C18H18N4O3S2. The van der Waals surface area contributed by atoms with Gasteiger partial charge >= 0.3 is 0 Å². The average molecular weight is 403 g/mol. The molecule has 1 atom stereocenters. The molecule has 3 aromatic rings. The van der Waals surface area contributed by atoms with Crippen LogP contribution in [0, 0.1) is 0 Å². The number of nitrogens with zero attached hydrogens (tertiary/aromatic N) is 2. The molecule has 27 heavy (non-hydrogen) atoms. The number of nitrogens with one attached hydrogen (secondary N) is 2. The molecule has 2 N–H and O–H groups in total. The Balaban J connectivity index is 1.67. The summed E-state index contributed by atoms with van der Waals surface area (Å²) >= 11 is 2.88. The van der Waals surface area contributed by atoms with Crippen LogP contribution in [-0.4, -0.2) is 40.1 Å². The first kappa shape index (κ1) is 19.1. The molecule has 0 fully saturated rings. The maximum absolute atomic E-state index is 12.6. The second-order valence-corrected chi connectivity index (χ2v) is 7.52. The van der Waals surface area contributed by atoms with E-state index in [4.69, 9.17) is 4.42 Å². The molecule has 0 aliphatic carbocycles. The van der Waals surface area contributed by atoms with Crippen molar-refractivity contribution in [2.24, 2.45) is 0 Å². The molecule has 1 unspecified atom stereocenters. The van der Waals surface area contributed by atoms with E-state index in [0.29, 0.717) is 16.6 Å². The molecule has 140 valence electrons. The molecule has 2 heterocycles. The van der Waals surface area contributed by atoms with Crippen molar-refractivity contribution in [3.63, 3.8) is 0 Å². The van der Waals surface area contributed by atoms with Crippen LogP contribution in [-0.2, 0) is 4.79 Å². The van der Waals surface area contributed by atoms with Gasteiger partial charge in [0, 0.05) is 5.56 Å². The van der Waals surface area contributed by atoms with Crippen molar-refractivity contribution in [3.8, 4) is 10.6 Å². The fraction of sp³-hybridized carbons (Fsp3) is 0.222. The van der Waals surface area contributed by atoms with Crippen LogP contribution in [0.4, 0.5) is 5.13 Å². The van der Waals surface area contributed by atoms with E-state index < -0.39 is 11.9 Å². The van der Waals surface area contributed by atoms with Gasteiger partial charge < -0.3 is 9.73 Å². The second kappa shape index (κ2) is 9.33. The molecule has 9 heteroatoms. The van der Waals surface area contributed by atoms with Crippen molar-refractivity contribution < 1.29 is 14.0 Å². The lowest BCUT2D eigenvalue weighted by Gasteiger charge is -2.16. The number of thioether (sulfide) groups is 1. The summed E-state index contributed by atoms with van der Waals surface area (Å²) in [7, 11) is 0. The van der Waals surface area contributed by atoms with E-state index in [2.05, 4.69) is 20.8 Å². The van der Waals surface area contributed by atoms with Gasteiger partial charge in [0.05, 0.1) is 6.26 Å². The van der Waals surface area contributed by atoms with Gasteiger partial charge in [-0.2, -0.15) is 11.8 Å². The van der Waals surface area contributed by atoms with Gasteiger partial charge in [-0.1, -0.05) is 41.7 Å². The number of hydrogen-bond donors (Lipinski definition) is 2. The van der Waals surface area contributed by atoms with E-state index in [-0.39, 0.29) is 11.7 Å². The fourth-order valence-corrected chi connectivity index (χ4v) is 3.53. The maximum Gasteiger partial charge on any atom is 0.287 e. The van der Waals surface area contributed by atoms with Crippen molar-refractivity contribution in [2.45, 2.75) is 12.5 Å². The molecule has 0 saturated heterocycles. The fourth-order valence-electron chi connectivity index (χ4n) is 2.31. The summed E-state index contributed by atoms with van der Waals surface area (Å²) in [5, 5.41) is 14.7. The van der Waals surface area contributed by atoms with Crippen LogP contribution < -0.4 is 10.6 Å². The Hall–Kier alpha value is -2.65. The Labute approximate surface area is 164 Å². The lowest BCUT2D eigenvalue weighted by Crippen LogP contribution is -2.44. The molecule has 0 spiro atoms. The quantitative estimate of drug-likeness (QED) is 0.600. The molecule has 0 aliphatic heterocycles. The summed E-state index contributed by atoms with van der Waals surface area (Å²) < 4.78 is 5.08. The Morgan fingerprint density at radius 1 is 1.19 bits per heavy atom. The second-order valence-electron chi connectivity index (χ2n) is 5.55. The van der Waals surface area contributed by atoms with Crippen LogP contribution >= 0.6 is 23.1 Å². The molecule has 0 saturated carbocycles. The summed E-state index contributed by atoms with van der Waals surface area (Å²) in [6, 6.07) is 12.1. The number of aromatic nitrogens is 2. The molecule has 2 aromatic heterocycles. The zero-order valence-electron chi connectivity index (χ0n) is 14.5. The number of hydrogen-bond acceptors (Lipinski definition) is 7. The van der Waals surface area contributed by atoms with Crippen molar-refractivity contribution >= 4 is 40.0 Å². The number of furan rings is 1. The van der Waals surface area contributed by atoms with Crippen LogP contribution in [0.15, 0.2) is 53.1 Å². The highest BCUT2D eigenvalue weighted by Gasteiger charge is 2.23. The van der Waals surface area contributed by atoms with Gasteiger partial charge in [-0.05, 0) is 30.6 Å². The van der Waals surface area contributed by atoms with Crippen LogP contribution in [0.2, 0.25) is 0 Å². The Morgan fingerprint density at radius 2 is 2.00 bits per heavy atom. The summed E-state index contributed by atoms with van der Waals surface area (Å²) in [6.45, 7) is 0.